The second-order valence-electron chi connectivity index (χ2n) is 16.1. The Morgan fingerprint density at radius 2 is 1.43 bits per heavy atom. The maximum Gasteiger partial charge on any atom is 0.303 e. The van der Waals surface area contributed by atoms with Gasteiger partial charge in [-0.2, -0.15) is 0 Å². The topological polar surface area (TPSA) is 55.8 Å². The summed E-state index contributed by atoms with van der Waals surface area (Å²) in [6.07, 6.45) is 17.6. The molecule has 7 heteroatoms. The van der Waals surface area contributed by atoms with Gasteiger partial charge in [0.1, 0.15) is 12.1 Å². The molecule has 42 heavy (non-hydrogen) atoms. The zero-order chi connectivity index (χ0) is 29.0. The molecule has 4 aliphatic carbocycles. The standard InChI is InChI=1S/C35H59N2O4.BrH/c1-24(38)40-32-21-26-13-14-27-28(35(26,4)23-30(32)36-17-9-8-10-18-36)15-16-34(3)29(27)22-31(33(34)41-25(2)39)37(5)19-11-6-7-12-20-37;/h26-33H,6-23H2,1-5H3;1H/q+1;/p-1/t26-,27+,28-,29-,30-,31-,32-,33-,34-,35-;/m0./s1. The van der Waals surface area contributed by atoms with Crippen molar-refractivity contribution in [1.82, 2.24) is 4.90 Å². The first-order valence-electron chi connectivity index (χ1n) is 17.5. The molecule has 6 rings (SSSR count). The Balaban J connectivity index is 0.00000353. The van der Waals surface area contributed by atoms with Gasteiger partial charge >= 0.3 is 11.9 Å². The molecule has 6 aliphatic rings. The first kappa shape index (κ1) is 32.7. The molecule has 0 spiro atoms. The van der Waals surface area contributed by atoms with Crippen LogP contribution < -0.4 is 17.0 Å². The van der Waals surface area contributed by atoms with Crippen molar-refractivity contribution in [3.8, 4) is 0 Å². The highest BCUT2D eigenvalue weighted by Crippen LogP contribution is 2.67. The fourth-order valence-electron chi connectivity index (χ4n) is 11.9. The zero-order valence-electron chi connectivity index (χ0n) is 27.3. The van der Waals surface area contributed by atoms with Gasteiger partial charge in [-0.1, -0.05) is 20.3 Å². The summed E-state index contributed by atoms with van der Waals surface area (Å²) in [5.41, 5.74) is 0.370. The van der Waals surface area contributed by atoms with Gasteiger partial charge in [0.2, 0.25) is 0 Å². The Morgan fingerprint density at radius 3 is 2.07 bits per heavy atom. The van der Waals surface area contributed by atoms with E-state index in [2.05, 4.69) is 25.8 Å². The average molecular weight is 652 g/mol. The number of likely N-dealkylation sites (N-methyl/N-ethyl adjacent to an activating group) is 1. The van der Waals surface area contributed by atoms with Crippen LogP contribution in [0, 0.1) is 34.5 Å². The lowest BCUT2D eigenvalue weighted by molar-refractivity contribution is -0.935. The Bertz CT molecular complexity index is 978. The van der Waals surface area contributed by atoms with Crippen molar-refractivity contribution in [2.45, 2.75) is 142 Å². The van der Waals surface area contributed by atoms with Crippen molar-refractivity contribution in [1.29, 1.82) is 0 Å². The van der Waals surface area contributed by atoms with Gasteiger partial charge in [0, 0.05) is 31.7 Å². The van der Waals surface area contributed by atoms with Gasteiger partial charge < -0.3 is 30.9 Å². The second kappa shape index (κ2) is 12.6. The highest BCUT2D eigenvalue weighted by molar-refractivity contribution is 5.66. The maximum absolute atomic E-state index is 12.6. The molecule has 0 radical (unpaired) electrons. The van der Waals surface area contributed by atoms with Gasteiger partial charge in [-0.05, 0) is 119 Å². The molecule has 240 valence electrons. The van der Waals surface area contributed by atoms with E-state index in [4.69, 9.17) is 9.47 Å². The van der Waals surface area contributed by atoms with Crippen LogP contribution in [0.4, 0.5) is 0 Å². The number of piperidine rings is 1. The molecule has 0 amide bonds. The van der Waals surface area contributed by atoms with Gasteiger partial charge in [0.05, 0.1) is 20.1 Å². The van der Waals surface area contributed by atoms with E-state index >= 15 is 0 Å². The zero-order valence-corrected chi connectivity index (χ0v) is 28.8. The van der Waals surface area contributed by atoms with E-state index in [1.807, 2.05) is 0 Å². The highest BCUT2D eigenvalue weighted by Gasteiger charge is 2.67. The van der Waals surface area contributed by atoms with Crippen LogP contribution in [0.3, 0.4) is 0 Å². The number of hydrogen-bond donors (Lipinski definition) is 0. The number of nitrogens with zero attached hydrogens (tertiary/aromatic N) is 2. The summed E-state index contributed by atoms with van der Waals surface area (Å²) < 4.78 is 13.6. The average Bonchev–Trinajstić information content (AvgIpc) is 3.06. The number of halogens is 1. The number of carbonyl (C=O) groups is 2. The largest absolute Gasteiger partial charge is 1.00 e. The summed E-state index contributed by atoms with van der Waals surface area (Å²) in [5.74, 6) is 2.50. The van der Waals surface area contributed by atoms with E-state index in [1.54, 1.807) is 13.8 Å². The maximum atomic E-state index is 12.6. The summed E-state index contributed by atoms with van der Waals surface area (Å²) >= 11 is 0. The number of ether oxygens (including phenoxy) is 2. The molecule has 6 nitrogen and oxygen atoms in total. The minimum Gasteiger partial charge on any atom is -1.00 e. The molecule has 2 saturated heterocycles. The summed E-state index contributed by atoms with van der Waals surface area (Å²) in [7, 11) is 2.49. The smallest absolute Gasteiger partial charge is 0.303 e. The van der Waals surface area contributed by atoms with Crippen molar-refractivity contribution in [3.63, 3.8) is 0 Å². The van der Waals surface area contributed by atoms with E-state index in [0.29, 0.717) is 35.3 Å². The number of quaternary nitrogens is 1. The predicted molar refractivity (Wildman–Crippen MR) is 161 cm³/mol. The van der Waals surface area contributed by atoms with Crippen LogP contribution in [0.15, 0.2) is 0 Å². The monoisotopic (exact) mass is 650 g/mol. The third kappa shape index (κ3) is 5.74. The highest BCUT2D eigenvalue weighted by atomic mass is 79.9. The molecule has 6 fully saturated rings. The van der Waals surface area contributed by atoms with Crippen LogP contribution in [-0.2, 0) is 19.1 Å². The number of rotatable bonds is 4. The minimum absolute atomic E-state index is 0. The van der Waals surface area contributed by atoms with Crippen LogP contribution in [0.2, 0.25) is 0 Å². The van der Waals surface area contributed by atoms with Crippen LogP contribution in [0.25, 0.3) is 0 Å². The van der Waals surface area contributed by atoms with Gasteiger partial charge in [-0.15, -0.1) is 0 Å². The van der Waals surface area contributed by atoms with Crippen LogP contribution in [-0.4, -0.2) is 78.8 Å². The Labute approximate surface area is 266 Å². The van der Waals surface area contributed by atoms with Gasteiger partial charge in [0.15, 0.2) is 6.10 Å². The number of likely N-dealkylation sites (tertiary alicyclic amines) is 2. The lowest BCUT2D eigenvalue weighted by Gasteiger charge is -2.62. The molecular weight excluding hydrogens is 592 g/mol. The number of esters is 2. The van der Waals surface area contributed by atoms with Crippen molar-refractivity contribution < 1.29 is 40.5 Å². The van der Waals surface area contributed by atoms with E-state index in [1.165, 1.54) is 96.6 Å². The SMILES string of the molecule is CC(=O)O[C@H]1C[C@@H]2CC[C@@H]3[C@H](CC[C@@]4(C)[C@H]3C[C@H]([N+]3(C)CCCCCC3)[C@@H]4OC(C)=O)[C@@]2(C)C[C@@H]1N1CCCCC1.[Br-]. The molecule has 0 aromatic carbocycles. The Morgan fingerprint density at radius 1 is 0.786 bits per heavy atom. The van der Waals surface area contributed by atoms with E-state index in [0.717, 1.165) is 29.9 Å². The minimum atomic E-state index is -0.110. The lowest BCUT2D eigenvalue weighted by atomic mass is 9.44. The fourth-order valence-corrected chi connectivity index (χ4v) is 11.9. The molecule has 0 N–H and O–H groups in total. The second-order valence-corrected chi connectivity index (χ2v) is 16.1. The third-order valence-electron chi connectivity index (χ3n) is 14.0. The number of hydrogen-bond acceptors (Lipinski definition) is 5. The normalized spacial score (nSPS) is 45.3. The number of carbonyl (C=O) groups excluding carboxylic acids is 2. The van der Waals surface area contributed by atoms with E-state index in [-0.39, 0.29) is 46.5 Å². The molecule has 0 unspecified atom stereocenters. The van der Waals surface area contributed by atoms with Gasteiger partial charge in [0.25, 0.3) is 0 Å². The summed E-state index contributed by atoms with van der Waals surface area (Å²) in [6.45, 7) is 13.1. The molecular formula is C35H59BrN2O4. The molecule has 4 saturated carbocycles. The summed E-state index contributed by atoms with van der Waals surface area (Å²) in [6, 6.07) is 0.788. The molecule has 2 aliphatic heterocycles. The Kier molecular flexibility index (Phi) is 9.83. The van der Waals surface area contributed by atoms with Crippen molar-refractivity contribution in [3.05, 3.63) is 0 Å². The van der Waals surface area contributed by atoms with Crippen LogP contribution >= 0.6 is 0 Å². The third-order valence-corrected chi connectivity index (χ3v) is 14.0. The van der Waals surface area contributed by atoms with Gasteiger partial charge in [-0.3, -0.25) is 14.5 Å². The van der Waals surface area contributed by atoms with Crippen molar-refractivity contribution in [2.75, 3.05) is 33.2 Å². The first-order valence-corrected chi connectivity index (χ1v) is 17.5. The summed E-state index contributed by atoms with van der Waals surface area (Å²) in [4.78, 5) is 27.5. The number of fused-ring (bicyclic) bond motifs is 5. The van der Waals surface area contributed by atoms with Crippen molar-refractivity contribution >= 4 is 11.9 Å². The molecule has 0 bridgehead atoms. The molecule has 10 atom stereocenters. The summed E-state index contributed by atoms with van der Waals surface area (Å²) in [5, 5.41) is 0. The van der Waals surface area contributed by atoms with Gasteiger partial charge in [-0.25, -0.2) is 0 Å². The molecule has 0 aromatic rings. The lowest BCUT2D eigenvalue weighted by Crippen LogP contribution is -3.00. The van der Waals surface area contributed by atoms with Crippen molar-refractivity contribution in [2.24, 2.45) is 34.5 Å². The van der Waals surface area contributed by atoms with Crippen LogP contribution in [0.1, 0.15) is 118 Å². The molecule has 0 aromatic heterocycles. The van der Waals surface area contributed by atoms with E-state index < -0.39 is 0 Å². The van der Waals surface area contributed by atoms with Crippen LogP contribution in [0.5, 0.6) is 0 Å². The predicted octanol–water partition coefficient (Wildman–Crippen LogP) is 3.36. The molecule has 2 heterocycles. The quantitative estimate of drug-likeness (QED) is 0.345. The Hall–Kier alpha value is -0.660. The fraction of sp³-hybridized carbons (Fsp3) is 0.943. The first-order chi connectivity index (χ1) is 19.5. The van der Waals surface area contributed by atoms with E-state index in [9.17, 15) is 9.59 Å².